The first kappa shape index (κ1) is 21.4. The van der Waals surface area contributed by atoms with Crippen LogP contribution in [0.4, 0.5) is 0 Å². The van der Waals surface area contributed by atoms with Crippen LogP contribution in [-0.2, 0) is 9.63 Å². The number of allylic oxidation sites excluding steroid dienone is 1. The topological polar surface area (TPSA) is 49.8 Å². The first-order valence-electron chi connectivity index (χ1n) is 12.0. The summed E-state index contributed by atoms with van der Waals surface area (Å²) in [4.78, 5) is 17.1. The molecule has 0 aliphatic heterocycles. The van der Waals surface area contributed by atoms with Gasteiger partial charge in [-0.2, -0.15) is 0 Å². The van der Waals surface area contributed by atoms with Crippen LogP contribution in [0.2, 0.25) is 0 Å². The zero-order valence-electron chi connectivity index (χ0n) is 19.0. The first-order chi connectivity index (χ1) is 13.8. The average Bonchev–Trinajstić information content (AvgIpc) is 3.04. The third-order valence-corrected chi connectivity index (χ3v) is 9.84. The van der Waals surface area contributed by atoms with E-state index in [-0.39, 0.29) is 12.0 Å². The second kappa shape index (κ2) is 8.00. The molecule has 0 heterocycles. The number of nitrogens with zero attached hydrogens (tertiary/aromatic N) is 1. The van der Waals surface area contributed by atoms with Crippen LogP contribution in [0.5, 0.6) is 0 Å². The Morgan fingerprint density at radius 2 is 2.00 bits per heavy atom. The quantitative estimate of drug-likeness (QED) is 0.512. The van der Waals surface area contributed by atoms with Crippen molar-refractivity contribution in [3.63, 3.8) is 0 Å². The van der Waals surface area contributed by atoms with Crippen molar-refractivity contribution in [2.24, 2.45) is 34.5 Å². The predicted molar refractivity (Wildman–Crippen MR) is 115 cm³/mol. The van der Waals surface area contributed by atoms with E-state index in [1.807, 2.05) is 0 Å². The van der Waals surface area contributed by atoms with Crippen molar-refractivity contribution in [1.29, 1.82) is 0 Å². The minimum absolute atomic E-state index is 0.0910. The lowest BCUT2D eigenvalue weighted by Gasteiger charge is -2.58. The zero-order valence-corrected chi connectivity index (χ0v) is 19.0. The molecule has 29 heavy (non-hydrogen) atoms. The zero-order chi connectivity index (χ0) is 20.8. The molecule has 0 saturated heterocycles. The van der Waals surface area contributed by atoms with Crippen LogP contribution in [-0.4, -0.2) is 36.3 Å². The maximum Gasteiger partial charge on any atom is 0.245 e. The molecule has 1 N–H and O–H groups in total. The molecule has 0 bridgehead atoms. The number of aliphatic hydroxyl groups is 1. The summed E-state index contributed by atoms with van der Waals surface area (Å²) in [7, 11) is 3.25. The first-order valence-corrected chi connectivity index (χ1v) is 12.0. The fourth-order valence-corrected chi connectivity index (χ4v) is 7.98. The van der Waals surface area contributed by atoms with E-state index in [0.717, 1.165) is 42.9 Å². The molecule has 0 aromatic heterocycles. The molecule has 4 rings (SSSR count). The fraction of sp³-hybridized carbons (Fsp3) is 0.880. The molecule has 4 heteroatoms. The third kappa shape index (κ3) is 3.59. The summed E-state index contributed by atoms with van der Waals surface area (Å²) < 4.78 is 0. The number of fused-ring (bicyclic) bond motifs is 5. The summed E-state index contributed by atoms with van der Waals surface area (Å²) in [5.41, 5.74) is 2.35. The van der Waals surface area contributed by atoms with Gasteiger partial charge in [0.15, 0.2) is 0 Å². The van der Waals surface area contributed by atoms with Crippen LogP contribution in [0.15, 0.2) is 11.6 Å². The molecule has 0 spiro atoms. The van der Waals surface area contributed by atoms with Gasteiger partial charge in [-0.15, -0.1) is 0 Å². The molecule has 164 valence electrons. The van der Waals surface area contributed by atoms with Gasteiger partial charge >= 0.3 is 0 Å². The van der Waals surface area contributed by atoms with Gasteiger partial charge in [-0.3, -0.25) is 9.63 Å². The van der Waals surface area contributed by atoms with E-state index >= 15 is 0 Å². The van der Waals surface area contributed by atoms with Gasteiger partial charge in [0.2, 0.25) is 5.91 Å². The van der Waals surface area contributed by atoms with Crippen molar-refractivity contribution in [2.45, 2.75) is 90.6 Å². The summed E-state index contributed by atoms with van der Waals surface area (Å²) in [5.74, 6) is 3.33. The molecule has 4 nitrogen and oxygen atoms in total. The Bertz CT molecular complexity index is 660. The van der Waals surface area contributed by atoms with E-state index < -0.39 is 0 Å². The number of hydroxylamine groups is 2. The lowest BCUT2D eigenvalue weighted by Crippen LogP contribution is -2.50. The summed E-state index contributed by atoms with van der Waals surface area (Å²) in [5, 5.41) is 11.5. The van der Waals surface area contributed by atoms with Gasteiger partial charge in [0, 0.05) is 13.5 Å². The molecular weight excluding hydrogens is 362 g/mol. The van der Waals surface area contributed by atoms with Crippen LogP contribution in [0, 0.1) is 34.5 Å². The number of aliphatic hydroxyl groups excluding tert-OH is 1. The molecular formula is C25H41NO3. The normalized spacial score (nSPS) is 43.8. The van der Waals surface area contributed by atoms with Crippen LogP contribution in [0.25, 0.3) is 0 Å². The largest absolute Gasteiger partial charge is 0.393 e. The predicted octanol–water partition coefficient (Wildman–Crippen LogP) is 5.12. The average molecular weight is 404 g/mol. The standard InChI is InChI=1S/C25H41NO3/c1-24-15-13-22-20(10-8-18-16-19(27)12-14-25(18,22)2)21(24)11-9-17(24)6-5-7-23(28)26(3)29-4/h8,17,19-22,27H,5-7,9-16H2,1-4H3/t17-,19-,20?,21-,22-,24+,25-/m0/s1. The maximum absolute atomic E-state index is 12.1. The molecule has 3 fully saturated rings. The van der Waals surface area contributed by atoms with Gasteiger partial charge in [0.25, 0.3) is 0 Å². The highest BCUT2D eigenvalue weighted by Gasteiger charge is 2.58. The Balaban J connectivity index is 1.43. The van der Waals surface area contributed by atoms with E-state index in [9.17, 15) is 9.90 Å². The van der Waals surface area contributed by atoms with E-state index in [1.165, 1.54) is 50.0 Å². The lowest BCUT2D eigenvalue weighted by molar-refractivity contribution is -0.168. The Labute approximate surface area is 177 Å². The summed E-state index contributed by atoms with van der Waals surface area (Å²) in [6.45, 7) is 5.08. The number of carbonyl (C=O) groups is 1. The molecule has 4 aliphatic carbocycles. The lowest BCUT2D eigenvalue weighted by atomic mass is 9.47. The second-order valence-corrected chi connectivity index (χ2v) is 10.9. The minimum Gasteiger partial charge on any atom is -0.393 e. The number of hydrogen-bond donors (Lipinski definition) is 1. The van der Waals surface area contributed by atoms with E-state index in [2.05, 4.69) is 19.9 Å². The monoisotopic (exact) mass is 403 g/mol. The van der Waals surface area contributed by atoms with Crippen molar-refractivity contribution in [2.75, 3.05) is 14.2 Å². The van der Waals surface area contributed by atoms with Gasteiger partial charge in [0.05, 0.1) is 13.2 Å². The van der Waals surface area contributed by atoms with Crippen molar-refractivity contribution < 1.29 is 14.7 Å². The molecule has 0 aromatic carbocycles. The molecule has 0 aromatic rings. The van der Waals surface area contributed by atoms with Crippen molar-refractivity contribution in [1.82, 2.24) is 5.06 Å². The van der Waals surface area contributed by atoms with Crippen LogP contribution >= 0.6 is 0 Å². The number of carbonyl (C=O) groups excluding carboxylic acids is 1. The van der Waals surface area contributed by atoms with E-state index in [0.29, 0.717) is 17.3 Å². The van der Waals surface area contributed by atoms with E-state index in [4.69, 9.17) is 4.84 Å². The van der Waals surface area contributed by atoms with Gasteiger partial charge in [-0.1, -0.05) is 25.5 Å². The number of hydrogen-bond acceptors (Lipinski definition) is 3. The van der Waals surface area contributed by atoms with Crippen molar-refractivity contribution >= 4 is 5.91 Å². The van der Waals surface area contributed by atoms with Crippen LogP contribution < -0.4 is 0 Å². The van der Waals surface area contributed by atoms with Gasteiger partial charge < -0.3 is 5.11 Å². The third-order valence-electron chi connectivity index (χ3n) is 9.84. The van der Waals surface area contributed by atoms with Crippen molar-refractivity contribution in [3.8, 4) is 0 Å². The van der Waals surface area contributed by atoms with Crippen LogP contribution in [0.1, 0.15) is 84.5 Å². The molecule has 1 unspecified atom stereocenters. The highest BCUT2D eigenvalue weighted by atomic mass is 16.7. The Kier molecular flexibility index (Phi) is 5.89. The maximum atomic E-state index is 12.1. The van der Waals surface area contributed by atoms with Crippen LogP contribution in [0.3, 0.4) is 0 Å². The molecule has 4 aliphatic rings. The Morgan fingerprint density at radius 1 is 1.21 bits per heavy atom. The summed E-state index contributed by atoms with van der Waals surface area (Å²) >= 11 is 0. The summed E-state index contributed by atoms with van der Waals surface area (Å²) in [6, 6.07) is 0. The molecule has 0 radical (unpaired) electrons. The summed E-state index contributed by atoms with van der Waals surface area (Å²) in [6.07, 6.45) is 14.9. The smallest absolute Gasteiger partial charge is 0.245 e. The second-order valence-electron chi connectivity index (χ2n) is 10.9. The number of amides is 1. The SMILES string of the molecule is CON(C)C(=O)CCC[C@H]1CC[C@H]2C3CC=C4C[C@@H](O)CC[C@]4(C)[C@H]3CC[C@]12C. The van der Waals surface area contributed by atoms with Gasteiger partial charge in [-0.25, -0.2) is 5.06 Å². The highest BCUT2D eigenvalue weighted by molar-refractivity contribution is 5.74. The number of rotatable bonds is 5. The van der Waals surface area contributed by atoms with E-state index in [1.54, 1.807) is 19.7 Å². The minimum atomic E-state index is -0.115. The van der Waals surface area contributed by atoms with Gasteiger partial charge in [0.1, 0.15) is 0 Å². The van der Waals surface area contributed by atoms with Gasteiger partial charge in [-0.05, 0) is 98.7 Å². The Hall–Kier alpha value is -0.870. The fourth-order valence-electron chi connectivity index (χ4n) is 7.98. The van der Waals surface area contributed by atoms with Crippen molar-refractivity contribution in [3.05, 3.63) is 11.6 Å². The molecule has 1 amide bonds. The molecule has 3 saturated carbocycles. The highest BCUT2D eigenvalue weighted by Crippen LogP contribution is 2.66. The Morgan fingerprint density at radius 3 is 2.76 bits per heavy atom. The molecule has 7 atom stereocenters.